The predicted molar refractivity (Wildman–Crippen MR) is 71.6 cm³/mol. The highest BCUT2D eigenvalue weighted by Gasteiger charge is 2.15. The highest BCUT2D eigenvalue weighted by Crippen LogP contribution is 2.22. The molecular weight excluding hydrogens is 264 g/mol. The van der Waals surface area contributed by atoms with Crippen molar-refractivity contribution in [3.8, 4) is 0 Å². The van der Waals surface area contributed by atoms with Crippen LogP contribution in [0.15, 0.2) is 28.7 Å². The van der Waals surface area contributed by atoms with Crippen molar-refractivity contribution >= 4 is 15.9 Å². The van der Waals surface area contributed by atoms with Crippen LogP contribution in [0.5, 0.6) is 0 Å². The molecule has 0 radical (unpaired) electrons. The monoisotopic (exact) mass is 282 g/mol. The Hall–Kier alpha value is -0.380. The maximum Gasteiger partial charge on any atom is 0.0303 e. The van der Waals surface area contributed by atoms with Crippen LogP contribution in [0.4, 0.5) is 0 Å². The summed E-state index contributed by atoms with van der Waals surface area (Å²) in [6.45, 7) is 4.45. The van der Waals surface area contributed by atoms with E-state index in [-0.39, 0.29) is 0 Å². The van der Waals surface area contributed by atoms with Crippen molar-refractivity contribution in [1.29, 1.82) is 0 Å². The SMILES string of the molecule is C[C@H](NCC1CCCN1)c1ccccc1Br. The molecule has 2 nitrogen and oxygen atoms in total. The minimum atomic E-state index is 0.401. The van der Waals surface area contributed by atoms with E-state index in [0.717, 1.165) is 6.54 Å². The first-order valence-electron chi connectivity index (χ1n) is 5.98. The lowest BCUT2D eigenvalue weighted by atomic mass is 10.1. The fourth-order valence-electron chi connectivity index (χ4n) is 2.19. The molecule has 0 aromatic heterocycles. The molecule has 1 saturated heterocycles. The molecule has 2 atom stereocenters. The maximum absolute atomic E-state index is 3.59. The van der Waals surface area contributed by atoms with Gasteiger partial charge in [-0.1, -0.05) is 34.1 Å². The van der Waals surface area contributed by atoms with Gasteiger partial charge in [0.25, 0.3) is 0 Å². The highest BCUT2D eigenvalue weighted by atomic mass is 79.9. The normalized spacial score (nSPS) is 22.2. The van der Waals surface area contributed by atoms with Crippen molar-refractivity contribution in [3.05, 3.63) is 34.3 Å². The molecule has 1 aromatic carbocycles. The second kappa shape index (κ2) is 5.80. The van der Waals surface area contributed by atoms with Gasteiger partial charge in [-0.2, -0.15) is 0 Å². The summed E-state index contributed by atoms with van der Waals surface area (Å²) < 4.78 is 1.19. The van der Waals surface area contributed by atoms with E-state index in [4.69, 9.17) is 0 Å². The van der Waals surface area contributed by atoms with Crippen molar-refractivity contribution in [2.45, 2.75) is 31.8 Å². The zero-order chi connectivity index (χ0) is 11.4. The second-order valence-electron chi connectivity index (χ2n) is 4.44. The Morgan fingerprint density at radius 2 is 2.31 bits per heavy atom. The van der Waals surface area contributed by atoms with Crippen LogP contribution < -0.4 is 10.6 Å². The van der Waals surface area contributed by atoms with Crippen LogP contribution in [0, 0.1) is 0 Å². The Morgan fingerprint density at radius 1 is 1.50 bits per heavy atom. The fourth-order valence-corrected chi connectivity index (χ4v) is 2.81. The molecule has 1 unspecified atom stereocenters. The van der Waals surface area contributed by atoms with Gasteiger partial charge in [-0.25, -0.2) is 0 Å². The lowest BCUT2D eigenvalue weighted by Gasteiger charge is -2.18. The Balaban J connectivity index is 1.87. The molecule has 1 aromatic rings. The molecule has 3 heteroatoms. The maximum atomic E-state index is 3.59. The van der Waals surface area contributed by atoms with Gasteiger partial charge in [-0.3, -0.25) is 0 Å². The average Bonchev–Trinajstić information content (AvgIpc) is 2.79. The predicted octanol–water partition coefficient (Wildman–Crippen LogP) is 2.85. The van der Waals surface area contributed by atoms with Crippen LogP contribution in [0.2, 0.25) is 0 Å². The van der Waals surface area contributed by atoms with Gasteiger partial charge in [0.2, 0.25) is 0 Å². The molecule has 1 aliphatic heterocycles. The lowest BCUT2D eigenvalue weighted by molar-refractivity contribution is 0.489. The van der Waals surface area contributed by atoms with E-state index in [1.54, 1.807) is 0 Å². The molecule has 1 fully saturated rings. The van der Waals surface area contributed by atoms with E-state index in [1.807, 2.05) is 0 Å². The van der Waals surface area contributed by atoms with Crippen LogP contribution in [0.3, 0.4) is 0 Å². The molecular formula is C13H19BrN2. The van der Waals surface area contributed by atoms with Crippen molar-refractivity contribution in [2.24, 2.45) is 0 Å². The molecule has 16 heavy (non-hydrogen) atoms. The lowest BCUT2D eigenvalue weighted by Crippen LogP contribution is -2.35. The van der Waals surface area contributed by atoms with Gasteiger partial charge in [0.05, 0.1) is 0 Å². The highest BCUT2D eigenvalue weighted by molar-refractivity contribution is 9.10. The van der Waals surface area contributed by atoms with Crippen LogP contribution in [0.1, 0.15) is 31.4 Å². The molecule has 1 heterocycles. The zero-order valence-electron chi connectivity index (χ0n) is 9.67. The van der Waals surface area contributed by atoms with Crippen molar-refractivity contribution < 1.29 is 0 Å². The summed E-state index contributed by atoms with van der Waals surface area (Å²) in [5, 5.41) is 7.09. The standard InChI is InChI=1S/C13H19BrN2/c1-10(12-6-2-3-7-13(12)14)16-9-11-5-4-8-15-11/h2-3,6-7,10-11,15-16H,4-5,8-9H2,1H3/t10-,11?/m0/s1. The van der Waals surface area contributed by atoms with E-state index in [9.17, 15) is 0 Å². The third-order valence-corrected chi connectivity index (χ3v) is 3.93. The van der Waals surface area contributed by atoms with Crippen molar-refractivity contribution in [3.63, 3.8) is 0 Å². The van der Waals surface area contributed by atoms with Crippen molar-refractivity contribution in [2.75, 3.05) is 13.1 Å². The van der Waals surface area contributed by atoms with Crippen LogP contribution in [-0.4, -0.2) is 19.1 Å². The summed E-state index contributed by atoms with van der Waals surface area (Å²) >= 11 is 3.59. The summed E-state index contributed by atoms with van der Waals surface area (Å²) in [5.41, 5.74) is 1.33. The molecule has 2 N–H and O–H groups in total. The Kier molecular flexibility index (Phi) is 4.38. The number of halogens is 1. The number of hydrogen-bond donors (Lipinski definition) is 2. The summed E-state index contributed by atoms with van der Waals surface area (Å²) in [6.07, 6.45) is 2.62. The van der Waals surface area contributed by atoms with E-state index in [1.165, 1.54) is 29.4 Å². The van der Waals surface area contributed by atoms with Crippen LogP contribution in [-0.2, 0) is 0 Å². The average molecular weight is 283 g/mol. The van der Waals surface area contributed by atoms with Gasteiger partial charge in [-0.05, 0) is 37.9 Å². The smallest absolute Gasteiger partial charge is 0.0303 e. The number of rotatable bonds is 4. The number of hydrogen-bond acceptors (Lipinski definition) is 2. The first-order chi connectivity index (χ1) is 7.77. The van der Waals surface area contributed by atoms with Crippen LogP contribution >= 0.6 is 15.9 Å². The summed E-state index contributed by atoms with van der Waals surface area (Å²) in [4.78, 5) is 0. The molecule has 0 aliphatic carbocycles. The largest absolute Gasteiger partial charge is 0.313 e. The molecule has 0 bridgehead atoms. The second-order valence-corrected chi connectivity index (χ2v) is 5.30. The number of nitrogens with one attached hydrogen (secondary N) is 2. The topological polar surface area (TPSA) is 24.1 Å². The molecule has 1 aliphatic rings. The molecule has 0 spiro atoms. The first-order valence-corrected chi connectivity index (χ1v) is 6.78. The Bertz CT molecular complexity index is 334. The Labute approximate surface area is 106 Å². The minimum absolute atomic E-state index is 0.401. The van der Waals surface area contributed by atoms with Gasteiger partial charge >= 0.3 is 0 Å². The van der Waals surface area contributed by atoms with E-state index in [2.05, 4.69) is 57.8 Å². The van der Waals surface area contributed by atoms with Gasteiger partial charge < -0.3 is 10.6 Å². The fraction of sp³-hybridized carbons (Fsp3) is 0.538. The van der Waals surface area contributed by atoms with E-state index < -0.39 is 0 Å². The van der Waals surface area contributed by atoms with E-state index in [0.29, 0.717) is 12.1 Å². The molecule has 88 valence electrons. The van der Waals surface area contributed by atoms with Gasteiger partial charge in [0, 0.05) is 23.1 Å². The first kappa shape index (κ1) is 12.1. The third-order valence-electron chi connectivity index (χ3n) is 3.20. The zero-order valence-corrected chi connectivity index (χ0v) is 11.3. The molecule has 0 saturated carbocycles. The van der Waals surface area contributed by atoms with Gasteiger partial charge in [-0.15, -0.1) is 0 Å². The van der Waals surface area contributed by atoms with Gasteiger partial charge in [0.15, 0.2) is 0 Å². The summed E-state index contributed by atoms with van der Waals surface area (Å²) in [5.74, 6) is 0. The quantitative estimate of drug-likeness (QED) is 0.888. The van der Waals surface area contributed by atoms with Crippen LogP contribution in [0.25, 0.3) is 0 Å². The third kappa shape index (κ3) is 3.06. The van der Waals surface area contributed by atoms with E-state index >= 15 is 0 Å². The van der Waals surface area contributed by atoms with Gasteiger partial charge in [0.1, 0.15) is 0 Å². The summed E-state index contributed by atoms with van der Waals surface area (Å²) in [6, 6.07) is 9.47. The number of benzene rings is 1. The summed E-state index contributed by atoms with van der Waals surface area (Å²) in [7, 11) is 0. The Morgan fingerprint density at radius 3 is 3.00 bits per heavy atom. The molecule has 0 amide bonds. The van der Waals surface area contributed by atoms with Crippen molar-refractivity contribution in [1.82, 2.24) is 10.6 Å². The molecule has 2 rings (SSSR count). The minimum Gasteiger partial charge on any atom is -0.313 e.